The lowest BCUT2D eigenvalue weighted by Crippen LogP contribution is -2.51. The number of benzene rings is 3. The number of rotatable bonds is 9. The number of hydrogen-bond donors (Lipinski definition) is 1. The lowest BCUT2D eigenvalue weighted by atomic mass is 10.0. The van der Waals surface area contributed by atoms with Crippen LogP contribution in [0.2, 0.25) is 5.02 Å². The maximum absolute atomic E-state index is 14.4. The van der Waals surface area contributed by atoms with Crippen LogP contribution >= 0.6 is 11.6 Å². The van der Waals surface area contributed by atoms with Crippen molar-refractivity contribution in [2.75, 3.05) is 13.7 Å². The normalized spacial score (nSPS) is 11.5. The molecule has 0 saturated heterocycles. The van der Waals surface area contributed by atoms with Crippen molar-refractivity contribution in [3.05, 3.63) is 101 Å². The average Bonchev–Trinajstić information content (AvgIpc) is 2.82. The van der Waals surface area contributed by atoms with Crippen LogP contribution in [0.15, 0.2) is 78.9 Å². The zero-order valence-corrected chi connectivity index (χ0v) is 18.4. The van der Waals surface area contributed by atoms with Gasteiger partial charge in [0, 0.05) is 25.6 Å². The first-order valence-electron chi connectivity index (χ1n) is 10.2. The molecule has 0 radical (unpaired) electrons. The third-order valence-corrected chi connectivity index (χ3v) is 5.32. The molecule has 0 aliphatic carbocycles. The van der Waals surface area contributed by atoms with E-state index in [0.717, 1.165) is 5.56 Å². The van der Waals surface area contributed by atoms with Crippen LogP contribution < -0.4 is 10.1 Å². The molecule has 3 aromatic rings. The summed E-state index contributed by atoms with van der Waals surface area (Å²) in [6.07, 6.45) is 0.271. The van der Waals surface area contributed by atoms with E-state index in [1.54, 1.807) is 42.5 Å². The largest absolute Gasteiger partial charge is 0.482 e. The van der Waals surface area contributed by atoms with E-state index in [4.69, 9.17) is 16.3 Å². The molecular formula is C25H24ClFN2O3. The van der Waals surface area contributed by atoms with Crippen LogP contribution in [0.3, 0.4) is 0 Å². The van der Waals surface area contributed by atoms with Gasteiger partial charge in [-0.25, -0.2) is 4.39 Å². The zero-order chi connectivity index (χ0) is 22.9. The quantitative estimate of drug-likeness (QED) is 0.526. The number of nitrogens with zero attached hydrogens (tertiary/aromatic N) is 1. The van der Waals surface area contributed by atoms with Gasteiger partial charge in [0.05, 0.1) is 5.02 Å². The first-order chi connectivity index (χ1) is 15.5. The number of likely N-dealkylation sites (N-methyl/N-ethyl adjacent to an activating group) is 1. The SMILES string of the molecule is CNC(=O)C(Cc1ccccc1)N(Cc1ccccc1F)C(=O)COc1ccccc1Cl. The van der Waals surface area contributed by atoms with Gasteiger partial charge in [-0.05, 0) is 23.8 Å². The lowest BCUT2D eigenvalue weighted by Gasteiger charge is -2.31. The van der Waals surface area contributed by atoms with E-state index in [-0.39, 0.29) is 25.5 Å². The number of nitrogens with one attached hydrogen (secondary N) is 1. The minimum Gasteiger partial charge on any atom is -0.482 e. The summed E-state index contributed by atoms with van der Waals surface area (Å²) < 4.78 is 20.0. The molecule has 5 nitrogen and oxygen atoms in total. The molecule has 0 aromatic heterocycles. The third kappa shape index (κ3) is 6.08. The van der Waals surface area contributed by atoms with Crippen molar-refractivity contribution in [2.45, 2.75) is 19.0 Å². The number of hydrogen-bond acceptors (Lipinski definition) is 3. The summed E-state index contributed by atoms with van der Waals surface area (Å²) in [5.41, 5.74) is 1.18. The minimum atomic E-state index is -0.857. The van der Waals surface area contributed by atoms with Gasteiger partial charge in [-0.15, -0.1) is 0 Å². The van der Waals surface area contributed by atoms with Gasteiger partial charge >= 0.3 is 0 Å². The molecule has 2 amide bonds. The molecule has 7 heteroatoms. The van der Waals surface area contributed by atoms with Crippen molar-refractivity contribution in [2.24, 2.45) is 0 Å². The maximum atomic E-state index is 14.4. The minimum absolute atomic E-state index is 0.0810. The summed E-state index contributed by atoms with van der Waals surface area (Å²) in [6, 6.07) is 21.5. The molecule has 0 fully saturated rings. The van der Waals surface area contributed by atoms with E-state index < -0.39 is 17.8 Å². The van der Waals surface area contributed by atoms with E-state index >= 15 is 0 Å². The van der Waals surface area contributed by atoms with Gasteiger partial charge in [-0.2, -0.15) is 0 Å². The maximum Gasteiger partial charge on any atom is 0.261 e. The lowest BCUT2D eigenvalue weighted by molar-refractivity contribution is -0.142. The van der Waals surface area contributed by atoms with E-state index in [2.05, 4.69) is 5.32 Å². The van der Waals surface area contributed by atoms with Crippen molar-refractivity contribution < 1.29 is 18.7 Å². The van der Waals surface area contributed by atoms with E-state index in [1.165, 1.54) is 18.0 Å². The summed E-state index contributed by atoms with van der Waals surface area (Å²) in [7, 11) is 1.51. The summed E-state index contributed by atoms with van der Waals surface area (Å²) in [5.74, 6) is -0.908. The first kappa shape index (κ1) is 23.3. The highest BCUT2D eigenvalue weighted by molar-refractivity contribution is 6.32. The Balaban J connectivity index is 1.89. The Labute approximate surface area is 191 Å². The average molecular weight is 455 g/mol. The van der Waals surface area contributed by atoms with Gasteiger partial charge in [0.1, 0.15) is 17.6 Å². The van der Waals surface area contributed by atoms with E-state index in [0.29, 0.717) is 16.3 Å². The van der Waals surface area contributed by atoms with Crippen LogP contribution in [-0.2, 0) is 22.6 Å². The number of para-hydroxylation sites is 1. The van der Waals surface area contributed by atoms with Crippen LogP contribution in [0.5, 0.6) is 5.75 Å². The standard InChI is InChI=1S/C25H24ClFN2O3/c1-28-25(31)22(15-18-9-3-2-4-10-18)29(16-19-11-5-7-13-21(19)27)24(30)17-32-23-14-8-6-12-20(23)26/h2-14,22H,15-17H2,1H3,(H,28,31). The van der Waals surface area contributed by atoms with E-state index in [9.17, 15) is 14.0 Å². The molecule has 32 heavy (non-hydrogen) atoms. The molecule has 1 N–H and O–H groups in total. The Morgan fingerprint density at radius 2 is 1.66 bits per heavy atom. The van der Waals surface area contributed by atoms with Crippen LogP contribution in [0.4, 0.5) is 4.39 Å². The van der Waals surface area contributed by atoms with Crippen LogP contribution in [0.1, 0.15) is 11.1 Å². The van der Waals surface area contributed by atoms with Gasteiger partial charge in [0.25, 0.3) is 5.91 Å². The molecule has 0 aliphatic rings. The number of ether oxygens (including phenoxy) is 1. The number of carbonyl (C=O) groups is 2. The van der Waals surface area contributed by atoms with Gasteiger partial charge in [0.15, 0.2) is 6.61 Å². The zero-order valence-electron chi connectivity index (χ0n) is 17.6. The summed E-state index contributed by atoms with van der Waals surface area (Å²) in [5, 5.41) is 2.98. The topological polar surface area (TPSA) is 58.6 Å². The smallest absolute Gasteiger partial charge is 0.261 e. The Hall–Kier alpha value is -3.38. The predicted octanol–water partition coefficient (Wildman–Crippen LogP) is 4.24. The molecule has 3 aromatic carbocycles. The Morgan fingerprint density at radius 1 is 1.00 bits per heavy atom. The van der Waals surface area contributed by atoms with Crippen molar-refractivity contribution in [1.82, 2.24) is 10.2 Å². The molecule has 0 spiro atoms. The first-order valence-corrected chi connectivity index (χ1v) is 10.5. The second kappa shape index (κ2) is 11.3. The molecule has 1 atom stereocenters. The van der Waals surface area contributed by atoms with E-state index in [1.807, 2.05) is 30.3 Å². The second-order valence-electron chi connectivity index (χ2n) is 7.15. The fourth-order valence-electron chi connectivity index (χ4n) is 3.31. The summed E-state index contributed by atoms with van der Waals surface area (Å²) in [6.45, 7) is -0.428. The van der Waals surface area contributed by atoms with Crippen molar-refractivity contribution >= 4 is 23.4 Å². The molecule has 0 aliphatic heterocycles. The van der Waals surface area contributed by atoms with Gasteiger partial charge < -0.3 is 15.0 Å². The van der Waals surface area contributed by atoms with Gasteiger partial charge in [0.2, 0.25) is 5.91 Å². The Kier molecular flexibility index (Phi) is 8.22. The van der Waals surface area contributed by atoms with Crippen molar-refractivity contribution in [3.8, 4) is 5.75 Å². The van der Waals surface area contributed by atoms with Crippen LogP contribution in [0, 0.1) is 5.82 Å². The highest BCUT2D eigenvalue weighted by Gasteiger charge is 2.30. The fraction of sp³-hybridized carbons (Fsp3) is 0.200. The summed E-state index contributed by atoms with van der Waals surface area (Å²) in [4.78, 5) is 27.4. The molecule has 0 saturated carbocycles. The Bertz CT molecular complexity index is 1060. The highest BCUT2D eigenvalue weighted by atomic mass is 35.5. The molecule has 3 rings (SSSR count). The fourth-order valence-corrected chi connectivity index (χ4v) is 3.51. The van der Waals surface area contributed by atoms with Crippen molar-refractivity contribution in [3.63, 3.8) is 0 Å². The van der Waals surface area contributed by atoms with Crippen LogP contribution in [0.25, 0.3) is 0 Å². The predicted molar refractivity (Wildman–Crippen MR) is 122 cm³/mol. The summed E-state index contributed by atoms with van der Waals surface area (Å²) >= 11 is 6.12. The third-order valence-electron chi connectivity index (χ3n) is 5.00. The molecular weight excluding hydrogens is 431 g/mol. The number of carbonyl (C=O) groups excluding carboxylic acids is 2. The molecule has 0 bridgehead atoms. The van der Waals surface area contributed by atoms with Gasteiger partial charge in [-0.1, -0.05) is 72.3 Å². The number of halogens is 2. The van der Waals surface area contributed by atoms with Crippen LogP contribution in [-0.4, -0.2) is 36.4 Å². The number of amides is 2. The molecule has 166 valence electrons. The Morgan fingerprint density at radius 3 is 2.34 bits per heavy atom. The second-order valence-corrected chi connectivity index (χ2v) is 7.56. The highest BCUT2D eigenvalue weighted by Crippen LogP contribution is 2.23. The molecule has 1 unspecified atom stereocenters. The van der Waals surface area contributed by atoms with Crippen molar-refractivity contribution in [1.29, 1.82) is 0 Å². The molecule has 0 heterocycles. The van der Waals surface area contributed by atoms with Gasteiger partial charge in [-0.3, -0.25) is 9.59 Å². The monoisotopic (exact) mass is 454 g/mol.